The predicted molar refractivity (Wildman–Crippen MR) is 70.2 cm³/mol. The molecule has 1 fully saturated rings. The van der Waals surface area contributed by atoms with E-state index in [1.54, 1.807) is 6.20 Å². The first-order valence-electron chi connectivity index (χ1n) is 6.51. The number of carbonyl (C=O) groups excluding carboxylic acids is 1. The minimum Gasteiger partial charge on any atom is -0.368 e. The molecule has 7 heteroatoms. The Morgan fingerprint density at radius 2 is 2.40 bits per heavy atom. The normalized spacial score (nSPS) is 19.3. The second-order valence-corrected chi connectivity index (χ2v) is 4.76. The van der Waals surface area contributed by atoms with E-state index in [0.29, 0.717) is 24.0 Å². The molecule has 0 aliphatic carbocycles. The molecule has 7 nitrogen and oxygen atoms in total. The van der Waals surface area contributed by atoms with Gasteiger partial charge in [0.25, 0.3) is 0 Å². The Bertz CT molecular complexity index is 598. The standard InChI is InChI=1S/C13H15N5O2/c14-12(19)10-5-3-7-18(10)8-11-16-13(17-20-11)9-4-1-2-6-15-9/h1-2,4,6,10H,3,5,7-8H2,(H2,14,19). The number of rotatable bonds is 4. The molecule has 2 aromatic rings. The Kier molecular flexibility index (Phi) is 3.42. The maximum absolute atomic E-state index is 11.3. The van der Waals surface area contributed by atoms with Crippen molar-refractivity contribution in [1.82, 2.24) is 20.0 Å². The maximum atomic E-state index is 11.3. The van der Waals surface area contributed by atoms with Crippen LogP contribution in [0.1, 0.15) is 18.7 Å². The number of carbonyl (C=O) groups is 1. The number of aromatic nitrogens is 3. The predicted octanol–water partition coefficient (Wildman–Crippen LogP) is 0.581. The molecule has 3 rings (SSSR count). The molecule has 0 radical (unpaired) electrons. The van der Waals surface area contributed by atoms with Crippen LogP contribution >= 0.6 is 0 Å². The largest absolute Gasteiger partial charge is 0.368 e. The summed E-state index contributed by atoms with van der Waals surface area (Å²) in [5, 5.41) is 3.91. The average Bonchev–Trinajstić information content (AvgIpc) is 3.09. The molecule has 20 heavy (non-hydrogen) atoms. The summed E-state index contributed by atoms with van der Waals surface area (Å²) in [6.07, 6.45) is 3.42. The van der Waals surface area contributed by atoms with E-state index < -0.39 is 0 Å². The van der Waals surface area contributed by atoms with Gasteiger partial charge in [-0.1, -0.05) is 11.2 Å². The molecule has 0 spiro atoms. The van der Waals surface area contributed by atoms with Crippen molar-refractivity contribution in [3.63, 3.8) is 0 Å². The zero-order valence-corrected chi connectivity index (χ0v) is 10.9. The maximum Gasteiger partial charge on any atom is 0.241 e. The Morgan fingerprint density at radius 3 is 3.15 bits per heavy atom. The summed E-state index contributed by atoms with van der Waals surface area (Å²) in [5.74, 6) is 0.626. The highest BCUT2D eigenvalue weighted by molar-refractivity contribution is 5.80. The number of hydrogen-bond donors (Lipinski definition) is 1. The van der Waals surface area contributed by atoms with E-state index >= 15 is 0 Å². The van der Waals surface area contributed by atoms with Gasteiger partial charge in [0.15, 0.2) is 0 Å². The molecule has 0 bridgehead atoms. The second-order valence-electron chi connectivity index (χ2n) is 4.76. The van der Waals surface area contributed by atoms with Crippen molar-refractivity contribution in [3.8, 4) is 11.5 Å². The second kappa shape index (κ2) is 5.38. The van der Waals surface area contributed by atoms with Gasteiger partial charge >= 0.3 is 0 Å². The fourth-order valence-corrected chi connectivity index (χ4v) is 2.43. The lowest BCUT2D eigenvalue weighted by molar-refractivity contribution is -0.122. The van der Waals surface area contributed by atoms with Crippen molar-refractivity contribution in [3.05, 3.63) is 30.3 Å². The van der Waals surface area contributed by atoms with Crippen LogP contribution in [-0.4, -0.2) is 38.5 Å². The van der Waals surface area contributed by atoms with Crippen molar-refractivity contribution in [1.29, 1.82) is 0 Å². The summed E-state index contributed by atoms with van der Waals surface area (Å²) < 4.78 is 5.21. The van der Waals surface area contributed by atoms with Gasteiger partial charge in [0, 0.05) is 6.20 Å². The first kappa shape index (κ1) is 12.7. The van der Waals surface area contributed by atoms with Gasteiger partial charge in [0.2, 0.25) is 17.6 Å². The summed E-state index contributed by atoms with van der Waals surface area (Å²) in [5.41, 5.74) is 6.04. The number of nitrogens with zero attached hydrogens (tertiary/aromatic N) is 4. The number of nitrogens with two attached hydrogens (primary N) is 1. The van der Waals surface area contributed by atoms with E-state index in [9.17, 15) is 4.79 Å². The summed E-state index contributed by atoms with van der Waals surface area (Å²) in [6.45, 7) is 1.25. The first-order chi connectivity index (χ1) is 9.74. The summed E-state index contributed by atoms with van der Waals surface area (Å²) in [4.78, 5) is 21.8. The fourth-order valence-electron chi connectivity index (χ4n) is 2.43. The Hall–Kier alpha value is -2.28. The molecule has 0 aromatic carbocycles. The van der Waals surface area contributed by atoms with Crippen LogP contribution in [0.15, 0.2) is 28.9 Å². The van der Waals surface area contributed by atoms with Gasteiger partial charge in [0.05, 0.1) is 12.6 Å². The quantitative estimate of drug-likeness (QED) is 0.875. The van der Waals surface area contributed by atoms with E-state index in [-0.39, 0.29) is 11.9 Å². The van der Waals surface area contributed by atoms with Crippen molar-refractivity contribution in [2.24, 2.45) is 5.73 Å². The van der Waals surface area contributed by atoms with Crippen molar-refractivity contribution < 1.29 is 9.32 Å². The van der Waals surface area contributed by atoms with Gasteiger partial charge in [0.1, 0.15) is 5.69 Å². The van der Waals surface area contributed by atoms with Crippen molar-refractivity contribution in [2.45, 2.75) is 25.4 Å². The van der Waals surface area contributed by atoms with Crippen molar-refractivity contribution in [2.75, 3.05) is 6.54 Å². The van der Waals surface area contributed by atoms with E-state index in [1.807, 2.05) is 23.1 Å². The molecule has 1 unspecified atom stereocenters. The number of hydrogen-bond acceptors (Lipinski definition) is 6. The minimum atomic E-state index is -0.299. The molecule has 3 heterocycles. The van der Waals surface area contributed by atoms with Crippen LogP contribution in [0.5, 0.6) is 0 Å². The third-order valence-electron chi connectivity index (χ3n) is 3.39. The Balaban J connectivity index is 1.73. The van der Waals surface area contributed by atoms with Gasteiger partial charge in [-0.3, -0.25) is 14.7 Å². The van der Waals surface area contributed by atoms with E-state index in [2.05, 4.69) is 15.1 Å². The van der Waals surface area contributed by atoms with Crippen LogP contribution in [0.25, 0.3) is 11.5 Å². The average molecular weight is 273 g/mol. The molecule has 0 saturated carbocycles. The fraction of sp³-hybridized carbons (Fsp3) is 0.385. The number of likely N-dealkylation sites (tertiary alicyclic amines) is 1. The molecule has 104 valence electrons. The molecule has 2 N–H and O–H groups in total. The highest BCUT2D eigenvalue weighted by Crippen LogP contribution is 2.20. The number of pyridine rings is 1. The van der Waals surface area contributed by atoms with Gasteiger partial charge < -0.3 is 10.3 Å². The summed E-state index contributed by atoms with van der Waals surface area (Å²) in [6, 6.07) is 5.27. The van der Waals surface area contributed by atoms with Crippen molar-refractivity contribution >= 4 is 5.91 Å². The minimum absolute atomic E-state index is 0.236. The topological polar surface area (TPSA) is 98.1 Å². The van der Waals surface area contributed by atoms with Crippen LogP contribution in [0.4, 0.5) is 0 Å². The van der Waals surface area contributed by atoms with Gasteiger partial charge in [-0.25, -0.2) is 0 Å². The highest BCUT2D eigenvalue weighted by Gasteiger charge is 2.30. The lowest BCUT2D eigenvalue weighted by atomic mass is 10.2. The smallest absolute Gasteiger partial charge is 0.241 e. The Morgan fingerprint density at radius 1 is 1.50 bits per heavy atom. The van der Waals surface area contributed by atoms with E-state index in [1.165, 1.54) is 0 Å². The zero-order chi connectivity index (χ0) is 13.9. The van der Waals surface area contributed by atoms with Gasteiger partial charge in [-0.05, 0) is 31.5 Å². The lowest BCUT2D eigenvalue weighted by Gasteiger charge is -2.19. The molecular weight excluding hydrogens is 258 g/mol. The van der Waals surface area contributed by atoms with Gasteiger partial charge in [-0.15, -0.1) is 0 Å². The molecule has 1 atom stereocenters. The Labute approximate surface area is 115 Å². The van der Waals surface area contributed by atoms with Gasteiger partial charge in [-0.2, -0.15) is 4.98 Å². The summed E-state index contributed by atoms with van der Waals surface area (Å²) >= 11 is 0. The summed E-state index contributed by atoms with van der Waals surface area (Å²) in [7, 11) is 0. The van der Waals surface area contributed by atoms with Crippen LogP contribution < -0.4 is 5.73 Å². The molecule has 1 aliphatic heterocycles. The number of amides is 1. The van der Waals surface area contributed by atoms with E-state index in [4.69, 9.17) is 10.3 Å². The van der Waals surface area contributed by atoms with Crippen LogP contribution in [0.3, 0.4) is 0 Å². The SMILES string of the molecule is NC(=O)C1CCCN1Cc1nc(-c2ccccn2)no1. The van der Waals surface area contributed by atoms with Crippen LogP contribution in [0, 0.1) is 0 Å². The zero-order valence-electron chi connectivity index (χ0n) is 10.9. The molecule has 2 aromatic heterocycles. The third-order valence-corrected chi connectivity index (χ3v) is 3.39. The highest BCUT2D eigenvalue weighted by atomic mass is 16.5. The monoisotopic (exact) mass is 273 g/mol. The first-order valence-corrected chi connectivity index (χ1v) is 6.51. The van der Waals surface area contributed by atoms with E-state index in [0.717, 1.165) is 19.4 Å². The molecular formula is C13H15N5O2. The lowest BCUT2D eigenvalue weighted by Crippen LogP contribution is -2.39. The number of primary amides is 1. The van der Waals surface area contributed by atoms with Crippen LogP contribution in [-0.2, 0) is 11.3 Å². The van der Waals surface area contributed by atoms with Crippen LogP contribution in [0.2, 0.25) is 0 Å². The third kappa shape index (κ3) is 2.53. The molecule has 1 aliphatic rings. The molecule has 1 amide bonds. The molecule has 1 saturated heterocycles.